The van der Waals surface area contributed by atoms with Crippen LogP contribution in [0.1, 0.15) is 16.3 Å². The maximum atomic E-state index is 4.68. The van der Waals surface area contributed by atoms with Crippen molar-refractivity contribution in [3.63, 3.8) is 0 Å². The molecule has 21 heavy (non-hydrogen) atoms. The van der Waals surface area contributed by atoms with Gasteiger partial charge in [-0.15, -0.1) is 11.3 Å². The molecule has 0 aromatic carbocycles. The number of hydrogen-bond donors (Lipinski definition) is 1. The highest BCUT2D eigenvalue weighted by Gasteiger charge is 2.14. The van der Waals surface area contributed by atoms with Crippen LogP contribution in [0.5, 0.6) is 0 Å². The van der Waals surface area contributed by atoms with Crippen LogP contribution in [0.2, 0.25) is 0 Å². The predicted molar refractivity (Wildman–Crippen MR) is 87.0 cm³/mol. The van der Waals surface area contributed by atoms with Crippen LogP contribution in [-0.2, 0) is 12.8 Å². The molecule has 0 aliphatic carbocycles. The van der Waals surface area contributed by atoms with Gasteiger partial charge in [-0.1, -0.05) is 11.8 Å². The maximum Gasteiger partial charge on any atom is 0.186 e. The van der Waals surface area contributed by atoms with E-state index in [2.05, 4.69) is 39.2 Å². The summed E-state index contributed by atoms with van der Waals surface area (Å²) in [5.74, 6) is 2.38. The molecular weight excluding hydrogens is 304 g/mol. The van der Waals surface area contributed by atoms with E-state index in [1.54, 1.807) is 34.1 Å². The van der Waals surface area contributed by atoms with E-state index in [0.717, 1.165) is 27.0 Å². The summed E-state index contributed by atoms with van der Waals surface area (Å²) in [6.07, 6.45) is 1.55. The summed E-state index contributed by atoms with van der Waals surface area (Å²) in [4.78, 5) is 15.8. The van der Waals surface area contributed by atoms with Gasteiger partial charge in [0.15, 0.2) is 5.16 Å². The third-order valence-corrected chi connectivity index (χ3v) is 5.44. The first-order valence-corrected chi connectivity index (χ1v) is 8.31. The Morgan fingerprint density at radius 3 is 2.81 bits per heavy atom. The molecule has 0 saturated heterocycles. The summed E-state index contributed by atoms with van der Waals surface area (Å²) in [6.45, 7) is 4.24. The summed E-state index contributed by atoms with van der Waals surface area (Å²) in [6, 6.07) is 0. The van der Waals surface area contributed by atoms with Gasteiger partial charge in [0.25, 0.3) is 0 Å². The Morgan fingerprint density at radius 2 is 2.14 bits per heavy atom. The molecule has 0 spiro atoms. The van der Waals surface area contributed by atoms with Crippen molar-refractivity contribution in [2.45, 2.75) is 24.8 Å². The molecule has 0 aliphatic rings. The number of nitrogens with zero attached hydrogens (tertiary/aromatic N) is 5. The quantitative estimate of drug-likeness (QED) is 0.746. The number of fused-ring (bicyclic) bond motifs is 1. The van der Waals surface area contributed by atoms with Crippen LogP contribution in [0.3, 0.4) is 0 Å². The summed E-state index contributed by atoms with van der Waals surface area (Å²) in [5.41, 5.74) is 1.26. The fourth-order valence-electron chi connectivity index (χ4n) is 2.08. The first-order valence-electron chi connectivity index (χ1n) is 6.51. The Labute approximate surface area is 131 Å². The molecule has 6 nitrogen and oxygen atoms in total. The molecule has 3 rings (SSSR count). The molecule has 1 N–H and O–H groups in total. The first kappa shape index (κ1) is 14.3. The van der Waals surface area contributed by atoms with Gasteiger partial charge >= 0.3 is 0 Å². The SMILES string of the molecule is CNc1nc(CSc2ncnn2C)nc2sc(C)c(C)c12. The van der Waals surface area contributed by atoms with Crippen molar-refractivity contribution in [2.75, 3.05) is 12.4 Å². The fraction of sp³-hybridized carbons (Fsp3) is 0.385. The van der Waals surface area contributed by atoms with Crippen LogP contribution in [0.4, 0.5) is 5.82 Å². The number of anilines is 1. The molecule has 0 radical (unpaired) electrons. The van der Waals surface area contributed by atoms with Gasteiger partial charge in [-0.2, -0.15) is 5.10 Å². The number of nitrogens with one attached hydrogen (secondary N) is 1. The lowest BCUT2D eigenvalue weighted by atomic mass is 10.2. The second-order valence-electron chi connectivity index (χ2n) is 4.66. The van der Waals surface area contributed by atoms with Crippen LogP contribution in [0, 0.1) is 13.8 Å². The van der Waals surface area contributed by atoms with Gasteiger partial charge in [0, 0.05) is 19.0 Å². The van der Waals surface area contributed by atoms with Crippen LogP contribution in [0.15, 0.2) is 11.5 Å². The average Bonchev–Trinajstić information content (AvgIpc) is 3.00. The van der Waals surface area contributed by atoms with Crippen LogP contribution in [0.25, 0.3) is 10.2 Å². The van der Waals surface area contributed by atoms with E-state index in [9.17, 15) is 0 Å². The molecule has 0 aliphatic heterocycles. The Hall–Kier alpha value is -1.67. The molecular formula is C13H16N6S2. The van der Waals surface area contributed by atoms with Gasteiger partial charge in [-0.05, 0) is 19.4 Å². The fourth-order valence-corrected chi connectivity index (χ4v) is 3.88. The Kier molecular flexibility index (Phi) is 3.81. The van der Waals surface area contributed by atoms with E-state index >= 15 is 0 Å². The molecule has 0 fully saturated rings. The molecule has 0 amide bonds. The van der Waals surface area contributed by atoms with Crippen molar-refractivity contribution in [3.8, 4) is 0 Å². The predicted octanol–water partition coefficient (Wildman–Crippen LogP) is 2.77. The van der Waals surface area contributed by atoms with Crippen LogP contribution >= 0.6 is 23.1 Å². The van der Waals surface area contributed by atoms with E-state index in [1.807, 2.05) is 14.1 Å². The number of thiophene rings is 1. The Balaban J connectivity index is 1.94. The highest BCUT2D eigenvalue weighted by atomic mass is 32.2. The van der Waals surface area contributed by atoms with Gasteiger partial charge in [0.2, 0.25) is 0 Å². The molecule has 3 aromatic heterocycles. The first-order chi connectivity index (χ1) is 10.1. The molecule has 3 heterocycles. The Bertz CT molecular complexity index is 791. The van der Waals surface area contributed by atoms with Gasteiger partial charge < -0.3 is 5.32 Å². The summed E-state index contributed by atoms with van der Waals surface area (Å²) >= 11 is 3.30. The summed E-state index contributed by atoms with van der Waals surface area (Å²) in [7, 11) is 3.78. The van der Waals surface area contributed by atoms with Gasteiger partial charge in [-0.25, -0.2) is 19.6 Å². The Morgan fingerprint density at radius 1 is 1.33 bits per heavy atom. The van der Waals surface area contributed by atoms with Gasteiger partial charge in [0.1, 0.15) is 22.8 Å². The number of hydrogen-bond acceptors (Lipinski definition) is 7. The lowest BCUT2D eigenvalue weighted by Crippen LogP contribution is -2.01. The zero-order valence-electron chi connectivity index (χ0n) is 12.3. The van der Waals surface area contributed by atoms with Gasteiger partial charge in [0.05, 0.1) is 11.1 Å². The second kappa shape index (κ2) is 5.61. The van der Waals surface area contributed by atoms with E-state index in [4.69, 9.17) is 0 Å². The number of rotatable bonds is 4. The third-order valence-electron chi connectivity index (χ3n) is 3.31. The van der Waals surface area contributed by atoms with Crippen molar-refractivity contribution < 1.29 is 0 Å². The van der Waals surface area contributed by atoms with E-state index in [1.165, 1.54) is 10.4 Å². The number of aryl methyl sites for hydroxylation is 3. The summed E-state index contributed by atoms with van der Waals surface area (Å²) in [5, 5.41) is 9.24. The third kappa shape index (κ3) is 2.60. The van der Waals surface area contributed by atoms with E-state index < -0.39 is 0 Å². The minimum atomic E-state index is 0.674. The normalized spacial score (nSPS) is 11.2. The molecule has 8 heteroatoms. The molecule has 0 unspecified atom stereocenters. The van der Waals surface area contributed by atoms with E-state index in [-0.39, 0.29) is 0 Å². The molecule has 0 atom stereocenters. The lowest BCUT2D eigenvalue weighted by Gasteiger charge is -2.06. The van der Waals surface area contributed by atoms with Crippen molar-refractivity contribution in [2.24, 2.45) is 7.05 Å². The number of aromatic nitrogens is 5. The van der Waals surface area contributed by atoms with Gasteiger partial charge in [-0.3, -0.25) is 0 Å². The zero-order chi connectivity index (χ0) is 15.0. The molecule has 110 valence electrons. The molecule has 0 saturated carbocycles. The maximum absolute atomic E-state index is 4.68. The topological polar surface area (TPSA) is 68.5 Å². The highest BCUT2D eigenvalue weighted by molar-refractivity contribution is 7.98. The van der Waals surface area contributed by atoms with Crippen molar-refractivity contribution in [3.05, 3.63) is 22.6 Å². The van der Waals surface area contributed by atoms with Crippen LogP contribution in [-0.4, -0.2) is 31.8 Å². The smallest absolute Gasteiger partial charge is 0.186 e. The van der Waals surface area contributed by atoms with Crippen LogP contribution < -0.4 is 5.32 Å². The van der Waals surface area contributed by atoms with Crippen molar-refractivity contribution in [1.29, 1.82) is 0 Å². The zero-order valence-corrected chi connectivity index (χ0v) is 14.0. The minimum absolute atomic E-state index is 0.674. The van der Waals surface area contributed by atoms with E-state index in [0.29, 0.717) is 5.75 Å². The van der Waals surface area contributed by atoms with Crippen molar-refractivity contribution >= 4 is 39.1 Å². The largest absolute Gasteiger partial charge is 0.372 e. The van der Waals surface area contributed by atoms with Crippen molar-refractivity contribution in [1.82, 2.24) is 24.7 Å². The standard InChI is InChI=1S/C13H16N6S2/c1-7-8(2)21-12-10(7)11(14-3)17-9(18-12)5-20-13-15-6-16-19(13)4/h6H,5H2,1-4H3,(H,14,17,18). The monoisotopic (exact) mass is 320 g/mol. The molecule has 0 bridgehead atoms. The molecule has 3 aromatic rings. The lowest BCUT2D eigenvalue weighted by molar-refractivity contribution is 0.685. The second-order valence-corrected chi connectivity index (χ2v) is 6.80. The average molecular weight is 320 g/mol. The number of thioether (sulfide) groups is 1. The summed E-state index contributed by atoms with van der Waals surface area (Å²) < 4.78 is 1.75. The minimum Gasteiger partial charge on any atom is -0.372 e. The highest BCUT2D eigenvalue weighted by Crippen LogP contribution is 2.33.